The molecule has 0 aliphatic heterocycles. The molecule has 112 valence electrons. The first-order chi connectivity index (χ1) is 10.6. The minimum atomic E-state index is -0.0913. The van der Waals surface area contributed by atoms with E-state index < -0.39 is 0 Å². The Hall–Kier alpha value is -2.10. The van der Waals surface area contributed by atoms with Gasteiger partial charge in [-0.25, -0.2) is 0 Å². The summed E-state index contributed by atoms with van der Waals surface area (Å²) < 4.78 is 1.73. The van der Waals surface area contributed by atoms with Gasteiger partial charge in [-0.2, -0.15) is 0 Å². The monoisotopic (exact) mass is 312 g/mol. The van der Waals surface area contributed by atoms with E-state index >= 15 is 0 Å². The van der Waals surface area contributed by atoms with Crippen LogP contribution in [0.5, 0.6) is 0 Å². The van der Waals surface area contributed by atoms with Crippen LogP contribution in [-0.4, -0.2) is 11.6 Å². The van der Waals surface area contributed by atoms with E-state index in [4.69, 9.17) is 11.6 Å². The third-order valence-electron chi connectivity index (χ3n) is 3.92. The first kappa shape index (κ1) is 14.8. The van der Waals surface area contributed by atoms with Gasteiger partial charge in [0.05, 0.1) is 10.4 Å². The molecule has 1 N–H and O–H groups in total. The number of halogens is 1. The number of fused-ring (bicyclic) bond motifs is 1. The zero-order valence-electron chi connectivity index (χ0n) is 12.5. The Bertz CT molecular complexity index is 871. The van der Waals surface area contributed by atoms with Crippen molar-refractivity contribution in [2.24, 2.45) is 0 Å². The Kier molecular flexibility index (Phi) is 4.01. The van der Waals surface area contributed by atoms with Crippen molar-refractivity contribution in [1.29, 1.82) is 0 Å². The molecule has 0 aliphatic rings. The first-order valence-corrected chi connectivity index (χ1v) is 7.58. The lowest BCUT2D eigenvalue weighted by atomic mass is 10.1. The van der Waals surface area contributed by atoms with E-state index in [1.807, 2.05) is 62.5 Å². The molecule has 2 aromatic carbocycles. The second-order valence-corrected chi connectivity index (χ2v) is 5.67. The van der Waals surface area contributed by atoms with Crippen molar-refractivity contribution < 1.29 is 0 Å². The molecule has 4 heteroatoms. The summed E-state index contributed by atoms with van der Waals surface area (Å²) in [6, 6.07) is 17.2. The summed E-state index contributed by atoms with van der Waals surface area (Å²) >= 11 is 6.26. The molecule has 1 unspecified atom stereocenters. The highest BCUT2D eigenvalue weighted by Gasteiger charge is 2.16. The maximum Gasteiger partial charge on any atom is 0.264 e. The van der Waals surface area contributed by atoms with Gasteiger partial charge in [0.2, 0.25) is 0 Å². The predicted molar refractivity (Wildman–Crippen MR) is 92.0 cm³/mol. The Balaban J connectivity index is 2.44. The maximum atomic E-state index is 13.0. The van der Waals surface area contributed by atoms with Crippen LogP contribution in [0, 0.1) is 0 Å². The number of benzene rings is 2. The average molecular weight is 313 g/mol. The van der Waals surface area contributed by atoms with E-state index in [2.05, 4.69) is 5.32 Å². The topological polar surface area (TPSA) is 34.0 Å². The van der Waals surface area contributed by atoms with Crippen molar-refractivity contribution >= 4 is 22.4 Å². The molecule has 0 fully saturated rings. The molecule has 3 rings (SSSR count). The molecule has 1 heterocycles. The largest absolute Gasteiger partial charge is 0.312 e. The van der Waals surface area contributed by atoms with Crippen LogP contribution in [0.3, 0.4) is 0 Å². The fourth-order valence-electron chi connectivity index (χ4n) is 2.65. The summed E-state index contributed by atoms with van der Waals surface area (Å²) in [5.74, 6) is 0. The second-order valence-electron chi connectivity index (χ2n) is 5.26. The first-order valence-electron chi connectivity index (χ1n) is 7.20. The quantitative estimate of drug-likeness (QED) is 0.795. The van der Waals surface area contributed by atoms with Crippen LogP contribution in [0.1, 0.15) is 18.7 Å². The number of hydrogen-bond acceptors (Lipinski definition) is 2. The lowest BCUT2D eigenvalue weighted by Crippen LogP contribution is -2.27. The molecule has 3 nitrogen and oxygen atoms in total. The lowest BCUT2D eigenvalue weighted by molar-refractivity contribution is 0.612. The number of hydrogen-bond donors (Lipinski definition) is 1. The zero-order chi connectivity index (χ0) is 15.7. The molecular formula is C18H17ClN2O. The van der Waals surface area contributed by atoms with Gasteiger partial charge < -0.3 is 5.32 Å². The summed E-state index contributed by atoms with van der Waals surface area (Å²) in [5, 5.41) is 5.11. The van der Waals surface area contributed by atoms with E-state index in [-0.39, 0.29) is 11.6 Å². The van der Waals surface area contributed by atoms with Crippen LogP contribution in [-0.2, 0) is 0 Å². The SMILES string of the molecule is CNC(C)c1cc2cccc(Cl)c2c(=O)n1-c1ccccc1. The standard InChI is InChI=1S/C18H17ClN2O/c1-12(20-2)16-11-13-7-6-10-15(19)17(13)18(22)21(16)14-8-4-3-5-9-14/h3-12,20H,1-2H3. The molecule has 0 bridgehead atoms. The summed E-state index contributed by atoms with van der Waals surface area (Å²) in [6.07, 6.45) is 0. The van der Waals surface area contributed by atoms with Gasteiger partial charge in [-0.15, -0.1) is 0 Å². The second kappa shape index (κ2) is 5.95. The summed E-state index contributed by atoms with van der Waals surface area (Å²) in [6.45, 7) is 2.03. The van der Waals surface area contributed by atoms with Gasteiger partial charge in [0.1, 0.15) is 0 Å². The van der Waals surface area contributed by atoms with Crippen LogP contribution in [0.2, 0.25) is 5.02 Å². The minimum absolute atomic E-state index is 0.0382. The third-order valence-corrected chi connectivity index (χ3v) is 4.23. The molecule has 0 spiro atoms. The number of pyridine rings is 1. The van der Waals surface area contributed by atoms with Crippen molar-refractivity contribution in [2.45, 2.75) is 13.0 Å². The Morgan fingerprint density at radius 3 is 2.50 bits per heavy atom. The van der Waals surface area contributed by atoms with Crippen molar-refractivity contribution in [3.63, 3.8) is 0 Å². The van der Waals surface area contributed by atoms with E-state index in [0.717, 1.165) is 16.8 Å². The molecule has 0 saturated heterocycles. The fourth-order valence-corrected chi connectivity index (χ4v) is 2.91. The van der Waals surface area contributed by atoms with Crippen molar-refractivity contribution in [3.05, 3.63) is 75.7 Å². The van der Waals surface area contributed by atoms with Crippen LogP contribution in [0.4, 0.5) is 0 Å². The van der Waals surface area contributed by atoms with Crippen LogP contribution >= 0.6 is 11.6 Å². The third kappa shape index (κ3) is 2.43. The van der Waals surface area contributed by atoms with Gasteiger partial charge in [0.15, 0.2) is 0 Å². The average Bonchev–Trinajstić information content (AvgIpc) is 2.54. The van der Waals surface area contributed by atoms with Crippen molar-refractivity contribution in [1.82, 2.24) is 9.88 Å². The normalized spacial score (nSPS) is 12.5. The van der Waals surface area contributed by atoms with E-state index in [1.165, 1.54) is 0 Å². The highest BCUT2D eigenvalue weighted by atomic mass is 35.5. The van der Waals surface area contributed by atoms with Crippen LogP contribution in [0.15, 0.2) is 59.4 Å². The zero-order valence-corrected chi connectivity index (χ0v) is 13.3. The molecule has 0 amide bonds. The van der Waals surface area contributed by atoms with Crippen LogP contribution in [0.25, 0.3) is 16.5 Å². The molecular weight excluding hydrogens is 296 g/mol. The van der Waals surface area contributed by atoms with E-state index in [9.17, 15) is 4.79 Å². The van der Waals surface area contributed by atoms with E-state index in [1.54, 1.807) is 10.6 Å². The van der Waals surface area contributed by atoms with Crippen LogP contribution < -0.4 is 10.9 Å². The molecule has 22 heavy (non-hydrogen) atoms. The Morgan fingerprint density at radius 1 is 1.09 bits per heavy atom. The van der Waals surface area contributed by atoms with Gasteiger partial charge in [0, 0.05) is 17.4 Å². The molecule has 1 aromatic heterocycles. The van der Waals surface area contributed by atoms with E-state index in [0.29, 0.717) is 10.4 Å². The molecule has 0 radical (unpaired) electrons. The Morgan fingerprint density at radius 2 is 1.82 bits per heavy atom. The minimum Gasteiger partial charge on any atom is -0.312 e. The number of nitrogens with zero attached hydrogens (tertiary/aromatic N) is 1. The van der Waals surface area contributed by atoms with Gasteiger partial charge in [0.25, 0.3) is 5.56 Å². The predicted octanol–water partition coefficient (Wildman–Crippen LogP) is 3.92. The highest BCUT2D eigenvalue weighted by molar-refractivity contribution is 6.35. The van der Waals surface area contributed by atoms with Gasteiger partial charge in [-0.1, -0.05) is 41.9 Å². The summed E-state index contributed by atoms with van der Waals surface area (Å²) in [5.41, 5.74) is 1.66. The molecule has 3 aromatic rings. The number of nitrogens with one attached hydrogen (secondary N) is 1. The number of rotatable bonds is 3. The smallest absolute Gasteiger partial charge is 0.264 e. The Labute approximate surface area is 134 Å². The lowest BCUT2D eigenvalue weighted by Gasteiger charge is -2.19. The number of aromatic nitrogens is 1. The maximum absolute atomic E-state index is 13.0. The van der Waals surface area contributed by atoms with Crippen molar-refractivity contribution in [2.75, 3.05) is 7.05 Å². The summed E-state index contributed by atoms with van der Waals surface area (Å²) in [7, 11) is 1.88. The van der Waals surface area contributed by atoms with Crippen molar-refractivity contribution in [3.8, 4) is 5.69 Å². The van der Waals surface area contributed by atoms with Gasteiger partial charge in [-0.05, 0) is 43.6 Å². The van der Waals surface area contributed by atoms with Gasteiger partial charge >= 0.3 is 0 Å². The molecule has 0 saturated carbocycles. The summed E-state index contributed by atoms with van der Waals surface area (Å²) in [4.78, 5) is 13.0. The number of para-hydroxylation sites is 1. The van der Waals surface area contributed by atoms with Gasteiger partial charge in [-0.3, -0.25) is 9.36 Å². The highest BCUT2D eigenvalue weighted by Crippen LogP contribution is 2.25. The molecule has 0 aliphatic carbocycles. The fraction of sp³-hybridized carbons (Fsp3) is 0.167. The molecule has 1 atom stereocenters.